The summed E-state index contributed by atoms with van der Waals surface area (Å²) in [4.78, 5) is 0. The Morgan fingerprint density at radius 2 is 0.592 bits per heavy atom. The van der Waals surface area contributed by atoms with Gasteiger partial charge in [-0.05, 0) is 212 Å². The van der Waals surface area contributed by atoms with Crippen molar-refractivity contribution in [2.45, 2.75) is 19.3 Å². The second-order valence-corrected chi connectivity index (χ2v) is 20.7. The standard InChI is InChI=1S/C71H44/c1-71(2)67-39-63-55-30-28-45(58-34-44-18-6-10-22-50(44)70-47-19-7-3-15-41(47)27-32-57(58)70)35-59(55)51-23-11-13-25-53(51)61(63)37-65(67)66-38-62-54-26-14-12-24-52(54)60-36-46(29-31-56(60)64(62)40-68(66)71)69-48-20-8-4-16-42(48)33-43-17-5-9-21-49(43)69/h3-40H,1-2H3. The van der Waals surface area contributed by atoms with Crippen LogP contribution in [0.4, 0.5) is 0 Å². The van der Waals surface area contributed by atoms with E-state index in [4.69, 9.17) is 0 Å². The monoisotopic (exact) mass is 896 g/mol. The summed E-state index contributed by atoms with van der Waals surface area (Å²) in [6.07, 6.45) is 0. The van der Waals surface area contributed by atoms with E-state index in [0.717, 1.165) is 0 Å². The van der Waals surface area contributed by atoms with Gasteiger partial charge in [0.15, 0.2) is 0 Å². The average molecular weight is 897 g/mol. The zero-order valence-electron chi connectivity index (χ0n) is 39.4. The van der Waals surface area contributed by atoms with Gasteiger partial charge in [-0.2, -0.15) is 0 Å². The third-order valence-corrected chi connectivity index (χ3v) is 16.7. The van der Waals surface area contributed by atoms with E-state index in [0.29, 0.717) is 0 Å². The highest BCUT2D eigenvalue weighted by molar-refractivity contribution is 6.30. The molecule has 16 rings (SSSR count). The molecule has 1 aliphatic rings. The first kappa shape index (κ1) is 39.1. The fourth-order valence-corrected chi connectivity index (χ4v) is 13.4. The topological polar surface area (TPSA) is 0 Å². The van der Waals surface area contributed by atoms with E-state index in [-0.39, 0.29) is 5.41 Å². The quantitative estimate of drug-likeness (QED) is 0.120. The molecule has 0 nitrogen and oxygen atoms in total. The molecular weight excluding hydrogens is 853 g/mol. The normalized spacial score (nSPS) is 13.3. The van der Waals surface area contributed by atoms with Crippen LogP contribution in [0, 0.1) is 0 Å². The minimum absolute atomic E-state index is 0.225. The minimum atomic E-state index is -0.225. The van der Waals surface area contributed by atoms with Crippen LogP contribution in [0.25, 0.3) is 152 Å². The summed E-state index contributed by atoms with van der Waals surface area (Å²) in [5.74, 6) is 0. The Kier molecular flexibility index (Phi) is 7.77. The molecule has 328 valence electrons. The summed E-state index contributed by atoms with van der Waals surface area (Å²) < 4.78 is 0. The molecule has 1 aliphatic carbocycles. The van der Waals surface area contributed by atoms with Crippen LogP contribution >= 0.6 is 0 Å². The molecule has 0 amide bonds. The SMILES string of the molecule is CC1(C)c2cc3c4ccc(-c5c6ccccc6cc6ccccc56)cc4c4ccccc4c3cc2-c2cc3c4ccccc4c4cc(-c5cc6ccccc6c6c5ccc5ccccc56)ccc4c3cc21. The van der Waals surface area contributed by atoms with Crippen LogP contribution in [-0.2, 0) is 5.41 Å². The molecule has 0 aliphatic heterocycles. The molecule has 0 saturated heterocycles. The lowest BCUT2D eigenvalue weighted by molar-refractivity contribution is 0.662. The molecule has 0 aromatic heterocycles. The molecule has 0 atom stereocenters. The van der Waals surface area contributed by atoms with E-state index in [2.05, 4.69) is 244 Å². The summed E-state index contributed by atoms with van der Waals surface area (Å²) in [7, 11) is 0. The molecule has 0 heterocycles. The second kappa shape index (κ2) is 14.1. The predicted molar refractivity (Wildman–Crippen MR) is 307 cm³/mol. The van der Waals surface area contributed by atoms with E-state index in [9.17, 15) is 0 Å². The lowest BCUT2D eigenvalue weighted by atomic mass is 9.80. The van der Waals surface area contributed by atoms with Gasteiger partial charge in [0, 0.05) is 5.41 Å². The van der Waals surface area contributed by atoms with Gasteiger partial charge in [0.2, 0.25) is 0 Å². The second-order valence-electron chi connectivity index (χ2n) is 20.7. The lowest BCUT2D eigenvalue weighted by Gasteiger charge is -2.23. The van der Waals surface area contributed by atoms with E-state index in [1.165, 1.54) is 163 Å². The smallest absolute Gasteiger partial charge is 0.0159 e. The Hall–Kier alpha value is -8.84. The van der Waals surface area contributed by atoms with Crippen LogP contribution in [0.5, 0.6) is 0 Å². The first-order valence-corrected chi connectivity index (χ1v) is 25.1. The van der Waals surface area contributed by atoms with Crippen molar-refractivity contribution in [3.05, 3.63) is 242 Å². The highest BCUT2D eigenvalue weighted by atomic mass is 14.4. The van der Waals surface area contributed by atoms with Crippen molar-refractivity contribution in [2.75, 3.05) is 0 Å². The highest BCUT2D eigenvalue weighted by Gasteiger charge is 2.37. The fourth-order valence-electron chi connectivity index (χ4n) is 13.4. The third kappa shape index (κ3) is 5.34. The molecule has 0 heteroatoms. The molecule has 0 radical (unpaired) electrons. The first-order chi connectivity index (χ1) is 35.0. The van der Waals surface area contributed by atoms with Crippen molar-refractivity contribution >= 4 is 118 Å². The number of rotatable bonds is 2. The molecule has 0 bridgehead atoms. The Bertz CT molecular complexity index is 4820. The molecule has 0 saturated carbocycles. The third-order valence-electron chi connectivity index (χ3n) is 16.7. The summed E-state index contributed by atoms with van der Waals surface area (Å²) in [6, 6.07) is 87.6. The van der Waals surface area contributed by atoms with E-state index >= 15 is 0 Å². The van der Waals surface area contributed by atoms with Crippen LogP contribution in [0.3, 0.4) is 0 Å². The zero-order chi connectivity index (χ0) is 46.7. The summed E-state index contributed by atoms with van der Waals surface area (Å²) in [6.45, 7) is 4.89. The van der Waals surface area contributed by atoms with Crippen molar-refractivity contribution in [2.24, 2.45) is 0 Å². The minimum Gasteiger partial charge on any atom is -0.0616 e. The molecule has 0 unspecified atom stereocenters. The van der Waals surface area contributed by atoms with Crippen molar-refractivity contribution in [1.82, 2.24) is 0 Å². The molecular formula is C71H44. The van der Waals surface area contributed by atoms with Gasteiger partial charge in [0.1, 0.15) is 0 Å². The summed E-state index contributed by atoms with van der Waals surface area (Å²) in [5, 5.41) is 28.4. The maximum absolute atomic E-state index is 2.55. The number of fused-ring (bicyclic) bond motifs is 22. The van der Waals surface area contributed by atoms with Crippen molar-refractivity contribution < 1.29 is 0 Å². The van der Waals surface area contributed by atoms with Gasteiger partial charge < -0.3 is 0 Å². The van der Waals surface area contributed by atoms with Gasteiger partial charge >= 0.3 is 0 Å². The molecule has 0 spiro atoms. The van der Waals surface area contributed by atoms with E-state index in [1.54, 1.807) is 0 Å². The van der Waals surface area contributed by atoms with Crippen LogP contribution in [0.2, 0.25) is 0 Å². The Morgan fingerprint density at radius 1 is 0.225 bits per heavy atom. The van der Waals surface area contributed by atoms with Crippen LogP contribution in [0.15, 0.2) is 231 Å². The van der Waals surface area contributed by atoms with Gasteiger partial charge in [0.25, 0.3) is 0 Å². The number of benzene rings is 15. The Morgan fingerprint density at radius 3 is 1.13 bits per heavy atom. The maximum atomic E-state index is 2.55. The summed E-state index contributed by atoms with van der Waals surface area (Å²) in [5.41, 5.74) is 10.3. The van der Waals surface area contributed by atoms with Crippen molar-refractivity contribution in [3.8, 4) is 33.4 Å². The fraction of sp³-hybridized carbons (Fsp3) is 0.0423. The van der Waals surface area contributed by atoms with Gasteiger partial charge in [0.05, 0.1) is 0 Å². The molecule has 15 aromatic carbocycles. The Balaban J connectivity index is 0.914. The largest absolute Gasteiger partial charge is 0.0616 e. The number of hydrogen-bond acceptors (Lipinski definition) is 0. The predicted octanol–water partition coefficient (Wildman–Crippen LogP) is 20.0. The van der Waals surface area contributed by atoms with E-state index < -0.39 is 0 Å². The van der Waals surface area contributed by atoms with Gasteiger partial charge in [-0.25, -0.2) is 0 Å². The zero-order valence-corrected chi connectivity index (χ0v) is 39.4. The number of hydrogen-bond donors (Lipinski definition) is 0. The van der Waals surface area contributed by atoms with Crippen molar-refractivity contribution in [3.63, 3.8) is 0 Å². The lowest BCUT2D eigenvalue weighted by Crippen LogP contribution is -2.15. The van der Waals surface area contributed by atoms with Gasteiger partial charge in [-0.15, -0.1) is 0 Å². The van der Waals surface area contributed by atoms with Gasteiger partial charge in [-0.3, -0.25) is 0 Å². The van der Waals surface area contributed by atoms with Crippen LogP contribution < -0.4 is 0 Å². The summed E-state index contributed by atoms with van der Waals surface area (Å²) >= 11 is 0. The van der Waals surface area contributed by atoms with Crippen LogP contribution in [0.1, 0.15) is 25.0 Å². The van der Waals surface area contributed by atoms with Crippen LogP contribution in [-0.4, -0.2) is 0 Å². The molecule has 0 fully saturated rings. The Labute approximate surface area is 410 Å². The molecule has 71 heavy (non-hydrogen) atoms. The molecule has 15 aromatic rings. The first-order valence-electron chi connectivity index (χ1n) is 25.1. The van der Waals surface area contributed by atoms with Crippen molar-refractivity contribution in [1.29, 1.82) is 0 Å². The average Bonchev–Trinajstić information content (AvgIpc) is 3.64. The highest BCUT2D eigenvalue weighted by Crippen LogP contribution is 2.54. The van der Waals surface area contributed by atoms with Gasteiger partial charge in [-0.1, -0.05) is 196 Å². The maximum Gasteiger partial charge on any atom is 0.0159 e. The molecule has 0 N–H and O–H groups in total. The van der Waals surface area contributed by atoms with E-state index in [1.807, 2.05) is 0 Å².